The van der Waals surface area contributed by atoms with E-state index in [4.69, 9.17) is 26.1 Å². The number of hydrogen-bond donors (Lipinski definition) is 0. The number of carbonyl (C=O) groups excluding carboxylic acids is 1. The second kappa shape index (κ2) is 12.5. The van der Waals surface area contributed by atoms with Gasteiger partial charge in [0.2, 0.25) is 0 Å². The van der Waals surface area contributed by atoms with Gasteiger partial charge in [-0.05, 0) is 112 Å². The number of aromatic nitrogens is 3. The van der Waals surface area contributed by atoms with Gasteiger partial charge in [0, 0.05) is 28.9 Å². The van der Waals surface area contributed by atoms with Crippen LogP contribution in [0.25, 0.3) is 21.9 Å². The molecule has 2 aliphatic rings. The number of likely N-dealkylation sites (tertiary alicyclic amines) is 1. The second-order valence-corrected chi connectivity index (χ2v) is 14.1. The summed E-state index contributed by atoms with van der Waals surface area (Å²) in [4.78, 5) is 20.4. The number of hydrogen-bond acceptors (Lipinski definition) is 5. The predicted molar refractivity (Wildman–Crippen MR) is 179 cm³/mol. The molecule has 240 valence electrons. The molecule has 0 unspecified atom stereocenters. The van der Waals surface area contributed by atoms with Gasteiger partial charge in [-0.1, -0.05) is 29.8 Å². The summed E-state index contributed by atoms with van der Waals surface area (Å²) in [6, 6.07) is 19.3. The molecule has 0 bridgehead atoms. The summed E-state index contributed by atoms with van der Waals surface area (Å²) in [5, 5.41) is 1.56. The number of fused-ring (bicyclic) bond motifs is 2. The maximum atomic E-state index is 14.5. The number of benzene rings is 3. The Kier molecular flexibility index (Phi) is 8.38. The molecule has 0 radical (unpaired) electrons. The maximum absolute atomic E-state index is 14.5. The molecular formula is C37H40ClFN4O3. The minimum atomic E-state index is -0.559. The molecule has 7 rings (SSSR count). The highest BCUT2D eigenvalue weighted by Gasteiger charge is 2.26. The molecule has 0 amide bonds. The summed E-state index contributed by atoms with van der Waals surface area (Å²) >= 11 is 5.97. The second-order valence-electron chi connectivity index (χ2n) is 13.7. The maximum Gasteiger partial charge on any atom is 0.338 e. The lowest BCUT2D eigenvalue weighted by Crippen LogP contribution is -2.35. The van der Waals surface area contributed by atoms with Gasteiger partial charge in [-0.25, -0.2) is 14.2 Å². The van der Waals surface area contributed by atoms with Crippen molar-refractivity contribution in [1.29, 1.82) is 0 Å². The van der Waals surface area contributed by atoms with Gasteiger partial charge in [0.15, 0.2) is 0 Å². The summed E-state index contributed by atoms with van der Waals surface area (Å²) < 4.78 is 30.3. The van der Waals surface area contributed by atoms with Gasteiger partial charge in [0.05, 0.1) is 42.3 Å². The Labute approximate surface area is 273 Å². The molecule has 2 saturated heterocycles. The Morgan fingerprint density at radius 2 is 1.80 bits per heavy atom. The lowest BCUT2D eigenvalue weighted by atomic mass is 9.89. The van der Waals surface area contributed by atoms with Crippen molar-refractivity contribution in [3.8, 4) is 0 Å². The number of piperidine rings is 1. The van der Waals surface area contributed by atoms with E-state index in [9.17, 15) is 9.18 Å². The largest absolute Gasteiger partial charge is 0.456 e. The van der Waals surface area contributed by atoms with Crippen molar-refractivity contribution >= 4 is 39.5 Å². The lowest BCUT2D eigenvalue weighted by Gasteiger charge is -2.33. The van der Waals surface area contributed by atoms with Crippen molar-refractivity contribution in [3.63, 3.8) is 0 Å². The van der Waals surface area contributed by atoms with Crippen LogP contribution in [0.2, 0.25) is 5.02 Å². The van der Waals surface area contributed by atoms with E-state index in [1.54, 1.807) is 12.1 Å². The summed E-state index contributed by atoms with van der Waals surface area (Å²) in [6.45, 7) is 10.3. The zero-order valence-electron chi connectivity index (χ0n) is 26.6. The van der Waals surface area contributed by atoms with Crippen molar-refractivity contribution in [2.45, 2.75) is 77.3 Å². The number of imidazole rings is 1. The SMILES string of the molecule is CC(C)(C)OC(=O)c1ccc2nc(CN3CCC(c4ccc5ccn(Cc6ccc(Cl)cc6F)c5c4)CC3)n(C[C@@H]3CCO3)c2c1. The molecule has 0 aliphatic carbocycles. The standard InChI is InChI=1S/C37H40ClFN4O3/c1-37(2,3)46-36(44)27-7-9-32-34(19-27)43(22-30-13-17-45-30)35(40-32)23-41-14-10-24(11-15-41)26-5-4-25-12-16-42(33(25)18-26)21-28-6-8-29(38)20-31(28)39/h4-9,12,16,18-20,24,30H,10-11,13-15,17,21-23H2,1-3H3/t30-/m0/s1. The first kappa shape index (κ1) is 30.9. The monoisotopic (exact) mass is 642 g/mol. The molecule has 1 atom stereocenters. The number of ether oxygens (including phenoxy) is 2. The van der Waals surface area contributed by atoms with Crippen LogP contribution in [-0.4, -0.2) is 56.4 Å². The van der Waals surface area contributed by atoms with Gasteiger partial charge >= 0.3 is 5.97 Å². The van der Waals surface area contributed by atoms with Crippen LogP contribution in [-0.2, 0) is 29.1 Å². The number of esters is 1. The molecule has 7 nitrogen and oxygen atoms in total. The molecule has 46 heavy (non-hydrogen) atoms. The van der Waals surface area contributed by atoms with Crippen LogP contribution in [0.5, 0.6) is 0 Å². The molecule has 0 spiro atoms. The van der Waals surface area contributed by atoms with E-state index >= 15 is 0 Å². The first-order valence-corrected chi connectivity index (χ1v) is 16.6. The summed E-state index contributed by atoms with van der Waals surface area (Å²) in [6.07, 6.45) is 5.32. The number of carbonyl (C=O) groups is 1. The van der Waals surface area contributed by atoms with Gasteiger partial charge in [0.1, 0.15) is 17.2 Å². The molecular weight excluding hydrogens is 603 g/mol. The molecule has 0 N–H and O–H groups in total. The van der Waals surface area contributed by atoms with Crippen molar-refractivity contribution in [2.75, 3.05) is 19.7 Å². The highest BCUT2D eigenvalue weighted by Crippen LogP contribution is 2.32. The highest BCUT2D eigenvalue weighted by molar-refractivity contribution is 6.30. The third-order valence-electron chi connectivity index (χ3n) is 9.22. The van der Waals surface area contributed by atoms with Crippen LogP contribution in [0.1, 0.15) is 73.3 Å². The Hall–Kier alpha value is -3.72. The smallest absolute Gasteiger partial charge is 0.338 e. The average molecular weight is 643 g/mol. The predicted octanol–water partition coefficient (Wildman–Crippen LogP) is 7.96. The van der Waals surface area contributed by atoms with Crippen molar-refractivity contribution in [2.24, 2.45) is 0 Å². The summed E-state index contributed by atoms with van der Waals surface area (Å²) in [5.41, 5.74) is 4.86. The Morgan fingerprint density at radius 1 is 1.00 bits per heavy atom. The van der Waals surface area contributed by atoms with Gasteiger partial charge in [-0.3, -0.25) is 4.90 Å². The molecule has 5 aromatic rings. The van der Waals surface area contributed by atoms with E-state index in [-0.39, 0.29) is 17.9 Å². The van der Waals surface area contributed by atoms with Crippen LogP contribution < -0.4 is 0 Å². The quantitative estimate of drug-likeness (QED) is 0.161. The van der Waals surface area contributed by atoms with E-state index in [2.05, 4.69) is 38.3 Å². The van der Waals surface area contributed by atoms with Crippen LogP contribution in [0.15, 0.2) is 66.9 Å². The molecule has 2 aromatic heterocycles. The minimum Gasteiger partial charge on any atom is -0.456 e. The fraction of sp³-hybridized carbons (Fsp3) is 0.405. The van der Waals surface area contributed by atoms with E-state index < -0.39 is 5.60 Å². The Morgan fingerprint density at radius 3 is 2.52 bits per heavy atom. The minimum absolute atomic E-state index is 0.164. The topological polar surface area (TPSA) is 61.5 Å². The van der Waals surface area contributed by atoms with Crippen molar-refractivity contribution in [3.05, 3.63) is 100 Å². The first-order chi connectivity index (χ1) is 22.1. The fourth-order valence-electron chi connectivity index (χ4n) is 6.64. The van der Waals surface area contributed by atoms with Crippen molar-refractivity contribution in [1.82, 2.24) is 19.0 Å². The third-order valence-corrected chi connectivity index (χ3v) is 9.45. The first-order valence-electron chi connectivity index (χ1n) is 16.2. The Bertz CT molecular complexity index is 1900. The average Bonchev–Trinajstić information content (AvgIpc) is 3.55. The Balaban J connectivity index is 1.06. The van der Waals surface area contributed by atoms with Gasteiger partial charge in [-0.15, -0.1) is 0 Å². The van der Waals surface area contributed by atoms with Crippen LogP contribution in [0.4, 0.5) is 4.39 Å². The number of nitrogens with zero attached hydrogens (tertiary/aromatic N) is 4. The van der Waals surface area contributed by atoms with Gasteiger partial charge < -0.3 is 18.6 Å². The summed E-state index contributed by atoms with van der Waals surface area (Å²) in [5.74, 6) is 0.845. The lowest BCUT2D eigenvalue weighted by molar-refractivity contribution is -0.0592. The molecule has 9 heteroatoms. The van der Waals surface area contributed by atoms with Crippen LogP contribution >= 0.6 is 11.6 Å². The molecule has 2 fully saturated rings. The van der Waals surface area contributed by atoms with E-state index in [1.807, 2.05) is 45.2 Å². The van der Waals surface area contributed by atoms with Crippen LogP contribution in [0, 0.1) is 5.82 Å². The van der Waals surface area contributed by atoms with Crippen molar-refractivity contribution < 1.29 is 18.7 Å². The number of rotatable bonds is 8. The van der Waals surface area contributed by atoms with E-state index in [0.29, 0.717) is 28.6 Å². The van der Waals surface area contributed by atoms with E-state index in [1.165, 1.54) is 11.6 Å². The zero-order chi connectivity index (χ0) is 32.0. The summed E-state index contributed by atoms with van der Waals surface area (Å²) in [7, 11) is 0. The normalized spacial score (nSPS) is 17.9. The van der Waals surface area contributed by atoms with E-state index in [0.717, 1.165) is 79.8 Å². The van der Waals surface area contributed by atoms with Gasteiger partial charge in [-0.2, -0.15) is 0 Å². The molecule has 2 aliphatic heterocycles. The zero-order valence-corrected chi connectivity index (χ0v) is 27.4. The molecule has 3 aromatic carbocycles. The molecule has 4 heterocycles. The van der Waals surface area contributed by atoms with Gasteiger partial charge in [0.25, 0.3) is 0 Å². The number of halogens is 2. The highest BCUT2D eigenvalue weighted by atomic mass is 35.5. The molecule has 0 saturated carbocycles. The third kappa shape index (κ3) is 6.57. The van der Waals surface area contributed by atoms with Crippen LogP contribution in [0.3, 0.4) is 0 Å². The fourth-order valence-corrected chi connectivity index (χ4v) is 6.80.